The van der Waals surface area contributed by atoms with Crippen LogP contribution < -0.4 is 11.5 Å². The molecule has 0 aliphatic carbocycles. The number of aryl methyl sites for hydroxylation is 1. The first kappa shape index (κ1) is 26.9. The zero-order valence-electron chi connectivity index (χ0n) is 20.5. The van der Waals surface area contributed by atoms with Gasteiger partial charge in [0.05, 0.1) is 11.2 Å². The van der Waals surface area contributed by atoms with Gasteiger partial charge in [-0.25, -0.2) is 0 Å². The van der Waals surface area contributed by atoms with Crippen LogP contribution in [0, 0.1) is 0 Å². The summed E-state index contributed by atoms with van der Waals surface area (Å²) in [6.45, 7) is 14.9. The summed E-state index contributed by atoms with van der Waals surface area (Å²) >= 11 is 0. The summed E-state index contributed by atoms with van der Waals surface area (Å²) in [5, 5.41) is 0.0426. The van der Waals surface area contributed by atoms with Gasteiger partial charge in [0, 0.05) is 11.3 Å². The highest BCUT2D eigenvalue weighted by Gasteiger charge is 2.41. The number of nitrogens with two attached hydrogens (primary N) is 2. The molecule has 0 unspecified atom stereocenters. The standard InChI is InChI=1S/C25H35F3N2O2Si/c1-23(2,3)33(6,7)32-24(4,5)13-12-16-14-18(19(22(30)31)15-21(16)29)17-10-8-9-11-20(17)25(26,27)28/h8-11,14-15H,12-13,29H2,1-7H3,(H2,30,31). The lowest BCUT2D eigenvalue weighted by Crippen LogP contribution is -2.47. The van der Waals surface area contributed by atoms with Crippen LogP contribution in [0.3, 0.4) is 0 Å². The third kappa shape index (κ3) is 6.38. The van der Waals surface area contributed by atoms with Gasteiger partial charge < -0.3 is 15.9 Å². The number of alkyl halides is 3. The summed E-state index contributed by atoms with van der Waals surface area (Å²) < 4.78 is 47.5. The molecule has 2 rings (SSSR count). The van der Waals surface area contributed by atoms with Gasteiger partial charge in [-0.1, -0.05) is 39.0 Å². The zero-order chi connectivity index (χ0) is 25.4. The molecule has 4 N–H and O–H groups in total. The molecule has 0 saturated carbocycles. The Morgan fingerprint density at radius 3 is 2.09 bits per heavy atom. The van der Waals surface area contributed by atoms with E-state index < -0.39 is 31.6 Å². The van der Waals surface area contributed by atoms with Crippen molar-refractivity contribution in [1.82, 2.24) is 0 Å². The molecule has 0 aliphatic rings. The number of hydrogen-bond acceptors (Lipinski definition) is 3. The van der Waals surface area contributed by atoms with E-state index in [1.807, 2.05) is 13.8 Å². The van der Waals surface area contributed by atoms with Gasteiger partial charge in [0.1, 0.15) is 0 Å². The topological polar surface area (TPSA) is 78.3 Å². The number of primary amides is 1. The number of hydrogen-bond donors (Lipinski definition) is 2. The van der Waals surface area contributed by atoms with Crippen LogP contribution in [-0.4, -0.2) is 19.8 Å². The van der Waals surface area contributed by atoms with Crippen molar-refractivity contribution in [3.8, 4) is 11.1 Å². The summed E-state index contributed by atoms with van der Waals surface area (Å²) in [7, 11) is -2.03. The van der Waals surface area contributed by atoms with E-state index in [4.69, 9.17) is 15.9 Å². The van der Waals surface area contributed by atoms with Gasteiger partial charge in [0.25, 0.3) is 0 Å². The fourth-order valence-corrected chi connectivity index (χ4v) is 5.39. The van der Waals surface area contributed by atoms with E-state index in [0.717, 1.165) is 6.07 Å². The van der Waals surface area contributed by atoms with Crippen LogP contribution in [0.4, 0.5) is 18.9 Å². The monoisotopic (exact) mass is 480 g/mol. The van der Waals surface area contributed by atoms with Crippen LogP contribution in [0.25, 0.3) is 11.1 Å². The molecule has 2 aromatic carbocycles. The van der Waals surface area contributed by atoms with Gasteiger partial charge in [-0.3, -0.25) is 4.79 Å². The van der Waals surface area contributed by atoms with Crippen LogP contribution in [0.1, 0.15) is 62.5 Å². The molecule has 0 radical (unpaired) electrons. The highest BCUT2D eigenvalue weighted by molar-refractivity contribution is 6.74. The van der Waals surface area contributed by atoms with Crippen LogP contribution >= 0.6 is 0 Å². The molecule has 2 aromatic rings. The largest absolute Gasteiger partial charge is 0.417 e. The number of carbonyl (C=O) groups is 1. The van der Waals surface area contributed by atoms with Crippen molar-refractivity contribution < 1.29 is 22.4 Å². The minimum absolute atomic E-state index is 0.0373. The molecule has 8 heteroatoms. The first-order valence-electron chi connectivity index (χ1n) is 10.9. The molecular formula is C25H35F3N2O2Si. The number of nitrogen functional groups attached to an aromatic ring is 1. The molecule has 33 heavy (non-hydrogen) atoms. The van der Waals surface area contributed by atoms with E-state index in [-0.39, 0.29) is 21.7 Å². The van der Waals surface area contributed by atoms with Crippen molar-refractivity contribution in [2.45, 2.75) is 77.4 Å². The van der Waals surface area contributed by atoms with Gasteiger partial charge in [-0.2, -0.15) is 13.2 Å². The number of anilines is 1. The maximum Gasteiger partial charge on any atom is 0.417 e. The Hall–Kier alpha value is -2.32. The first-order chi connectivity index (χ1) is 14.9. The normalized spacial score (nSPS) is 13.3. The Morgan fingerprint density at radius 2 is 1.58 bits per heavy atom. The lowest BCUT2D eigenvalue weighted by molar-refractivity contribution is -0.137. The van der Waals surface area contributed by atoms with Crippen molar-refractivity contribution in [2.24, 2.45) is 5.73 Å². The van der Waals surface area contributed by atoms with Crippen LogP contribution in [0.15, 0.2) is 36.4 Å². The Labute approximate surface area is 195 Å². The van der Waals surface area contributed by atoms with E-state index >= 15 is 0 Å². The number of rotatable bonds is 7. The van der Waals surface area contributed by atoms with Gasteiger partial charge in [0.15, 0.2) is 8.32 Å². The molecule has 4 nitrogen and oxygen atoms in total. The van der Waals surface area contributed by atoms with E-state index in [1.54, 1.807) is 6.07 Å². The maximum atomic E-state index is 13.7. The highest BCUT2D eigenvalue weighted by Crippen LogP contribution is 2.41. The lowest BCUT2D eigenvalue weighted by Gasteiger charge is -2.43. The summed E-state index contributed by atoms with van der Waals surface area (Å²) in [5.41, 5.74) is 11.4. The van der Waals surface area contributed by atoms with Gasteiger partial charge in [-0.05, 0) is 79.7 Å². The average molecular weight is 481 g/mol. The van der Waals surface area contributed by atoms with E-state index in [0.29, 0.717) is 24.1 Å². The van der Waals surface area contributed by atoms with E-state index in [1.165, 1.54) is 24.3 Å². The van der Waals surface area contributed by atoms with Gasteiger partial charge >= 0.3 is 6.18 Å². The van der Waals surface area contributed by atoms with Crippen LogP contribution in [-0.2, 0) is 17.0 Å². The summed E-state index contributed by atoms with van der Waals surface area (Å²) in [4.78, 5) is 12.1. The predicted octanol–water partition coefficient (Wildman–Crippen LogP) is 6.79. The average Bonchev–Trinajstić information content (AvgIpc) is 2.64. The van der Waals surface area contributed by atoms with Crippen LogP contribution in [0.2, 0.25) is 18.1 Å². The van der Waals surface area contributed by atoms with Crippen LogP contribution in [0.5, 0.6) is 0 Å². The third-order valence-electron chi connectivity index (χ3n) is 6.40. The van der Waals surface area contributed by atoms with Crippen molar-refractivity contribution in [3.63, 3.8) is 0 Å². The summed E-state index contributed by atoms with van der Waals surface area (Å²) in [6, 6.07) is 8.09. The van der Waals surface area contributed by atoms with E-state index in [9.17, 15) is 18.0 Å². The fraction of sp³-hybridized carbons (Fsp3) is 0.480. The Morgan fingerprint density at radius 1 is 1.00 bits per heavy atom. The Bertz CT molecular complexity index is 1030. The van der Waals surface area contributed by atoms with Crippen molar-refractivity contribution in [2.75, 3.05) is 5.73 Å². The predicted molar refractivity (Wildman–Crippen MR) is 130 cm³/mol. The second kappa shape index (κ2) is 9.14. The SMILES string of the molecule is CC(C)(CCc1cc(-c2ccccc2C(F)(F)F)c(C(N)=O)cc1N)O[Si](C)(C)C(C)(C)C. The lowest BCUT2D eigenvalue weighted by atomic mass is 9.90. The molecule has 0 aliphatic heterocycles. The smallest absolute Gasteiger partial charge is 0.412 e. The number of benzene rings is 2. The molecule has 0 fully saturated rings. The molecule has 1 amide bonds. The minimum atomic E-state index is -4.58. The van der Waals surface area contributed by atoms with Gasteiger partial charge in [0.2, 0.25) is 5.91 Å². The summed E-state index contributed by atoms with van der Waals surface area (Å²) in [5.74, 6) is -0.832. The number of amides is 1. The maximum absolute atomic E-state index is 13.7. The summed E-state index contributed by atoms with van der Waals surface area (Å²) in [6.07, 6.45) is -3.49. The molecular weight excluding hydrogens is 445 g/mol. The number of carbonyl (C=O) groups excluding carboxylic acids is 1. The number of halogens is 3. The van der Waals surface area contributed by atoms with E-state index in [2.05, 4.69) is 33.9 Å². The third-order valence-corrected chi connectivity index (χ3v) is 11.1. The Balaban J connectivity index is 2.47. The molecule has 0 aromatic heterocycles. The quantitative estimate of drug-likeness (QED) is 0.338. The molecule has 0 spiro atoms. The second-order valence-corrected chi connectivity index (χ2v) is 15.4. The van der Waals surface area contributed by atoms with Gasteiger partial charge in [-0.15, -0.1) is 0 Å². The fourth-order valence-electron chi connectivity index (χ4n) is 3.60. The minimum Gasteiger partial charge on any atom is -0.412 e. The molecule has 0 saturated heterocycles. The highest BCUT2D eigenvalue weighted by atomic mass is 28.4. The molecule has 182 valence electrons. The van der Waals surface area contributed by atoms with Crippen molar-refractivity contribution in [3.05, 3.63) is 53.1 Å². The first-order valence-corrected chi connectivity index (χ1v) is 13.9. The molecule has 0 heterocycles. The molecule has 0 bridgehead atoms. The van der Waals surface area contributed by atoms with Crippen molar-refractivity contribution in [1.29, 1.82) is 0 Å². The molecule has 0 atom stereocenters. The Kier molecular flexibility index (Phi) is 7.46. The van der Waals surface area contributed by atoms with Crippen molar-refractivity contribution >= 4 is 19.9 Å². The zero-order valence-corrected chi connectivity index (χ0v) is 21.5. The second-order valence-electron chi connectivity index (χ2n) is 10.6.